The van der Waals surface area contributed by atoms with Crippen LogP contribution >= 0.6 is 0 Å². The van der Waals surface area contributed by atoms with Crippen LogP contribution in [-0.4, -0.2) is 30.3 Å². The van der Waals surface area contributed by atoms with Crippen molar-refractivity contribution in [3.05, 3.63) is 0 Å². The van der Waals surface area contributed by atoms with E-state index in [4.69, 9.17) is 5.11 Å². The highest BCUT2D eigenvalue weighted by molar-refractivity contribution is 5.74. The molecule has 4 heteroatoms. The number of carbonyl (C=O) groups excluding carboxylic acids is 1. The highest BCUT2D eigenvalue weighted by atomic mass is 16.3. The van der Waals surface area contributed by atoms with Gasteiger partial charge in [-0.1, -0.05) is 27.7 Å². The highest BCUT2D eigenvalue weighted by Gasteiger charge is 2.16. The summed E-state index contributed by atoms with van der Waals surface area (Å²) < 4.78 is 0. The SMILES string of the molecule is CC(C)C(C)NC(=O)NCCCC(C)(C)CO. The number of urea groups is 1. The van der Waals surface area contributed by atoms with Crippen molar-refractivity contribution < 1.29 is 9.90 Å². The van der Waals surface area contributed by atoms with Crippen molar-refractivity contribution in [2.24, 2.45) is 11.3 Å². The van der Waals surface area contributed by atoms with E-state index >= 15 is 0 Å². The Morgan fingerprint density at radius 3 is 2.35 bits per heavy atom. The molecule has 0 aliphatic rings. The summed E-state index contributed by atoms with van der Waals surface area (Å²) in [4.78, 5) is 11.5. The molecule has 0 spiro atoms. The lowest BCUT2D eigenvalue weighted by Crippen LogP contribution is -2.43. The number of aliphatic hydroxyl groups is 1. The van der Waals surface area contributed by atoms with Crippen molar-refractivity contribution in [3.63, 3.8) is 0 Å². The largest absolute Gasteiger partial charge is 0.396 e. The van der Waals surface area contributed by atoms with Gasteiger partial charge in [-0.2, -0.15) is 0 Å². The molecule has 0 aromatic heterocycles. The van der Waals surface area contributed by atoms with Gasteiger partial charge in [0, 0.05) is 19.2 Å². The van der Waals surface area contributed by atoms with Gasteiger partial charge in [0.25, 0.3) is 0 Å². The molecule has 2 amide bonds. The summed E-state index contributed by atoms with van der Waals surface area (Å²) in [5.74, 6) is 0.439. The average Bonchev–Trinajstić information content (AvgIpc) is 2.24. The van der Waals surface area contributed by atoms with Crippen molar-refractivity contribution in [1.29, 1.82) is 0 Å². The van der Waals surface area contributed by atoms with Crippen molar-refractivity contribution >= 4 is 6.03 Å². The Hall–Kier alpha value is -0.770. The van der Waals surface area contributed by atoms with Crippen molar-refractivity contribution in [2.45, 2.75) is 53.5 Å². The van der Waals surface area contributed by atoms with Crippen LogP contribution in [0.15, 0.2) is 0 Å². The van der Waals surface area contributed by atoms with Gasteiger partial charge in [-0.3, -0.25) is 0 Å². The number of amides is 2. The quantitative estimate of drug-likeness (QED) is 0.601. The smallest absolute Gasteiger partial charge is 0.315 e. The zero-order valence-corrected chi connectivity index (χ0v) is 11.8. The van der Waals surface area contributed by atoms with Crippen LogP contribution in [0.5, 0.6) is 0 Å². The Morgan fingerprint density at radius 2 is 1.88 bits per heavy atom. The second kappa shape index (κ2) is 7.54. The Kier molecular flexibility index (Phi) is 7.19. The van der Waals surface area contributed by atoms with E-state index < -0.39 is 0 Å². The van der Waals surface area contributed by atoms with Gasteiger partial charge >= 0.3 is 6.03 Å². The first kappa shape index (κ1) is 16.2. The molecular formula is C13H28N2O2. The maximum atomic E-state index is 11.5. The van der Waals surface area contributed by atoms with E-state index in [1.54, 1.807) is 0 Å². The van der Waals surface area contributed by atoms with Gasteiger partial charge in [0.15, 0.2) is 0 Å². The normalized spacial score (nSPS) is 13.6. The molecule has 0 rings (SSSR count). The zero-order valence-electron chi connectivity index (χ0n) is 11.8. The third-order valence-electron chi connectivity index (χ3n) is 3.10. The summed E-state index contributed by atoms with van der Waals surface area (Å²) >= 11 is 0. The van der Waals surface area contributed by atoms with E-state index in [2.05, 4.69) is 24.5 Å². The second-order valence-corrected chi connectivity index (χ2v) is 5.86. The Bertz CT molecular complexity index is 227. The summed E-state index contributed by atoms with van der Waals surface area (Å²) in [7, 11) is 0. The fraction of sp³-hybridized carbons (Fsp3) is 0.923. The molecule has 0 aromatic rings. The Balaban J connectivity index is 3.66. The highest BCUT2D eigenvalue weighted by Crippen LogP contribution is 2.20. The predicted molar refractivity (Wildman–Crippen MR) is 70.9 cm³/mol. The van der Waals surface area contributed by atoms with E-state index in [1.807, 2.05) is 20.8 Å². The van der Waals surface area contributed by atoms with Gasteiger partial charge < -0.3 is 15.7 Å². The average molecular weight is 244 g/mol. The molecule has 102 valence electrons. The number of aliphatic hydroxyl groups excluding tert-OH is 1. The predicted octanol–water partition coefficient (Wildman–Crippen LogP) is 2.13. The number of nitrogens with one attached hydrogen (secondary N) is 2. The Labute approximate surface area is 105 Å². The zero-order chi connectivity index (χ0) is 13.5. The van der Waals surface area contributed by atoms with E-state index in [0.717, 1.165) is 12.8 Å². The van der Waals surface area contributed by atoms with Gasteiger partial charge in [-0.15, -0.1) is 0 Å². The minimum absolute atomic E-state index is 0.0522. The number of carbonyl (C=O) groups is 1. The summed E-state index contributed by atoms with van der Waals surface area (Å²) in [6.45, 7) is 11.0. The molecular weight excluding hydrogens is 216 g/mol. The van der Waals surface area contributed by atoms with Crippen molar-refractivity contribution in [2.75, 3.05) is 13.2 Å². The first-order chi connectivity index (χ1) is 7.78. The summed E-state index contributed by atoms with van der Waals surface area (Å²) in [6.07, 6.45) is 1.79. The summed E-state index contributed by atoms with van der Waals surface area (Å²) in [5.41, 5.74) is -0.0522. The van der Waals surface area contributed by atoms with Gasteiger partial charge in [0.1, 0.15) is 0 Å². The van der Waals surface area contributed by atoms with E-state index in [1.165, 1.54) is 0 Å². The number of hydrogen-bond donors (Lipinski definition) is 3. The lowest BCUT2D eigenvalue weighted by molar-refractivity contribution is 0.148. The fourth-order valence-corrected chi connectivity index (χ4v) is 1.27. The minimum Gasteiger partial charge on any atom is -0.396 e. The molecule has 1 unspecified atom stereocenters. The number of rotatable bonds is 7. The molecule has 0 heterocycles. The van der Waals surface area contributed by atoms with Gasteiger partial charge in [0.05, 0.1) is 0 Å². The first-order valence-corrected chi connectivity index (χ1v) is 6.44. The molecule has 0 radical (unpaired) electrons. The molecule has 0 aliphatic carbocycles. The van der Waals surface area contributed by atoms with Crippen molar-refractivity contribution in [3.8, 4) is 0 Å². The summed E-state index contributed by atoms with van der Waals surface area (Å²) in [5, 5.41) is 14.8. The van der Waals surface area contributed by atoms with E-state index in [9.17, 15) is 4.79 Å². The van der Waals surface area contributed by atoms with E-state index in [0.29, 0.717) is 12.5 Å². The van der Waals surface area contributed by atoms with E-state index in [-0.39, 0.29) is 24.1 Å². The second-order valence-electron chi connectivity index (χ2n) is 5.86. The van der Waals surface area contributed by atoms with Crippen LogP contribution in [0.2, 0.25) is 0 Å². The van der Waals surface area contributed by atoms with Crippen LogP contribution in [0.25, 0.3) is 0 Å². The van der Waals surface area contributed by atoms with Crippen LogP contribution in [0.3, 0.4) is 0 Å². The molecule has 0 saturated heterocycles. The maximum absolute atomic E-state index is 11.5. The van der Waals surface area contributed by atoms with Gasteiger partial charge in [0.2, 0.25) is 0 Å². The summed E-state index contributed by atoms with van der Waals surface area (Å²) in [6, 6.07) is 0.0805. The molecule has 0 saturated carbocycles. The third-order valence-corrected chi connectivity index (χ3v) is 3.10. The molecule has 0 aliphatic heterocycles. The van der Waals surface area contributed by atoms with Gasteiger partial charge in [-0.05, 0) is 31.1 Å². The van der Waals surface area contributed by atoms with Crippen LogP contribution < -0.4 is 10.6 Å². The molecule has 0 aromatic carbocycles. The molecule has 4 nitrogen and oxygen atoms in total. The van der Waals surface area contributed by atoms with Crippen molar-refractivity contribution in [1.82, 2.24) is 10.6 Å². The maximum Gasteiger partial charge on any atom is 0.315 e. The standard InChI is InChI=1S/C13H28N2O2/c1-10(2)11(3)15-12(17)14-8-6-7-13(4,5)9-16/h10-11,16H,6-9H2,1-5H3,(H2,14,15,17). The number of hydrogen-bond acceptors (Lipinski definition) is 2. The van der Waals surface area contributed by atoms with Crippen LogP contribution in [0.4, 0.5) is 4.79 Å². The first-order valence-electron chi connectivity index (χ1n) is 6.44. The lowest BCUT2D eigenvalue weighted by Gasteiger charge is -2.21. The van der Waals surface area contributed by atoms with Crippen LogP contribution in [-0.2, 0) is 0 Å². The van der Waals surface area contributed by atoms with Crippen LogP contribution in [0, 0.1) is 11.3 Å². The fourth-order valence-electron chi connectivity index (χ4n) is 1.27. The molecule has 3 N–H and O–H groups in total. The molecule has 0 bridgehead atoms. The molecule has 0 fully saturated rings. The Morgan fingerprint density at radius 1 is 1.29 bits per heavy atom. The third kappa shape index (κ3) is 8.02. The topological polar surface area (TPSA) is 61.4 Å². The monoisotopic (exact) mass is 244 g/mol. The van der Waals surface area contributed by atoms with Gasteiger partial charge in [-0.25, -0.2) is 4.79 Å². The molecule has 1 atom stereocenters. The van der Waals surface area contributed by atoms with Crippen LogP contribution in [0.1, 0.15) is 47.5 Å². The molecule has 17 heavy (non-hydrogen) atoms. The minimum atomic E-state index is -0.104. The lowest BCUT2D eigenvalue weighted by atomic mass is 9.89.